The highest BCUT2D eigenvalue weighted by atomic mass is 32.1. The average molecular weight is 244 g/mol. The Labute approximate surface area is 101 Å². The Morgan fingerprint density at radius 3 is 3.00 bits per heavy atom. The van der Waals surface area contributed by atoms with E-state index in [4.69, 9.17) is 10.3 Å². The van der Waals surface area contributed by atoms with Crippen LogP contribution in [0.2, 0.25) is 0 Å². The van der Waals surface area contributed by atoms with Gasteiger partial charge < -0.3 is 10.3 Å². The first-order chi connectivity index (χ1) is 8.33. The molecule has 3 rings (SSSR count). The lowest BCUT2D eigenvalue weighted by Gasteiger charge is -1.94. The van der Waals surface area contributed by atoms with Crippen LogP contribution in [-0.4, -0.2) is 15.1 Å². The summed E-state index contributed by atoms with van der Waals surface area (Å²) >= 11 is 1.48. The molecule has 2 aromatic heterocycles. The number of nitrogen functional groups attached to an aromatic ring is 1. The van der Waals surface area contributed by atoms with E-state index in [0.29, 0.717) is 23.1 Å². The maximum atomic E-state index is 5.70. The molecule has 0 atom stereocenters. The number of nitrogens with two attached hydrogens (primary N) is 1. The van der Waals surface area contributed by atoms with Crippen LogP contribution in [0.25, 0.3) is 23.0 Å². The van der Waals surface area contributed by atoms with Gasteiger partial charge in [0.2, 0.25) is 5.82 Å². The molecule has 2 heterocycles. The molecule has 0 fully saturated rings. The Bertz CT molecular complexity index is 632. The third-order valence-corrected chi connectivity index (χ3v) is 2.81. The average Bonchev–Trinajstić information content (AvgIpc) is 3.00. The molecule has 0 radical (unpaired) electrons. The molecule has 84 valence electrons. The van der Waals surface area contributed by atoms with Gasteiger partial charge in [0.1, 0.15) is 5.69 Å². The maximum absolute atomic E-state index is 5.70. The zero-order chi connectivity index (χ0) is 11.7. The van der Waals surface area contributed by atoms with Crippen molar-refractivity contribution < 1.29 is 4.52 Å². The fourth-order valence-corrected chi connectivity index (χ4v) is 1.97. The Morgan fingerprint density at radius 2 is 2.24 bits per heavy atom. The largest absolute Gasteiger partial charge is 0.399 e. The molecule has 0 aliphatic rings. The molecular weight excluding hydrogens is 236 g/mol. The zero-order valence-electron chi connectivity index (χ0n) is 8.70. The molecule has 17 heavy (non-hydrogen) atoms. The molecule has 0 aliphatic heterocycles. The van der Waals surface area contributed by atoms with Crippen LogP contribution < -0.4 is 5.73 Å². The monoisotopic (exact) mass is 244 g/mol. The second-order valence-corrected chi connectivity index (χ2v) is 4.14. The predicted molar refractivity (Wildman–Crippen MR) is 65.3 cm³/mol. The van der Waals surface area contributed by atoms with Gasteiger partial charge in [-0.2, -0.15) is 4.98 Å². The van der Waals surface area contributed by atoms with E-state index >= 15 is 0 Å². The fourth-order valence-electron chi connectivity index (χ4n) is 1.44. The number of benzene rings is 1. The van der Waals surface area contributed by atoms with Crippen molar-refractivity contribution in [2.45, 2.75) is 0 Å². The molecule has 0 amide bonds. The summed E-state index contributed by atoms with van der Waals surface area (Å²) < 4.78 is 5.15. The molecule has 5 nitrogen and oxygen atoms in total. The second-order valence-electron chi connectivity index (χ2n) is 3.42. The van der Waals surface area contributed by atoms with Crippen LogP contribution in [0.15, 0.2) is 39.7 Å². The summed E-state index contributed by atoms with van der Waals surface area (Å²) in [6.45, 7) is 0. The smallest absolute Gasteiger partial charge is 0.277 e. The van der Waals surface area contributed by atoms with Crippen LogP contribution in [0, 0.1) is 0 Å². The molecule has 0 bridgehead atoms. The zero-order valence-corrected chi connectivity index (χ0v) is 9.52. The summed E-state index contributed by atoms with van der Waals surface area (Å²) in [7, 11) is 0. The Balaban J connectivity index is 2.01. The van der Waals surface area contributed by atoms with Crippen molar-refractivity contribution in [3.8, 4) is 23.0 Å². The summed E-state index contributed by atoms with van der Waals surface area (Å²) in [5.41, 5.74) is 9.61. The quantitative estimate of drug-likeness (QED) is 0.700. The van der Waals surface area contributed by atoms with E-state index in [0.717, 1.165) is 5.56 Å². The number of nitrogens with zero attached hydrogens (tertiary/aromatic N) is 3. The van der Waals surface area contributed by atoms with E-state index in [1.807, 2.05) is 23.6 Å². The molecule has 0 saturated carbocycles. The molecule has 0 unspecified atom stereocenters. The lowest BCUT2D eigenvalue weighted by molar-refractivity contribution is 0.431. The van der Waals surface area contributed by atoms with Crippen molar-refractivity contribution in [2.24, 2.45) is 0 Å². The first-order valence-corrected chi connectivity index (χ1v) is 5.85. The van der Waals surface area contributed by atoms with E-state index in [1.54, 1.807) is 11.6 Å². The highest BCUT2D eigenvalue weighted by Gasteiger charge is 2.11. The van der Waals surface area contributed by atoms with E-state index < -0.39 is 0 Å². The Kier molecular flexibility index (Phi) is 2.34. The Hall–Kier alpha value is -2.21. The predicted octanol–water partition coefficient (Wildman–Crippen LogP) is 2.44. The van der Waals surface area contributed by atoms with Crippen LogP contribution >= 0.6 is 11.3 Å². The van der Waals surface area contributed by atoms with Crippen LogP contribution in [0.5, 0.6) is 0 Å². The van der Waals surface area contributed by atoms with Gasteiger partial charge in [0, 0.05) is 16.6 Å². The summed E-state index contributed by atoms with van der Waals surface area (Å²) in [6, 6.07) is 7.34. The van der Waals surface area contributed by atoms with Crippen LogP contribution in [-0.2, 0) is 0 Å². The summed E-state index contributed by atoms with van der Waals surface area (Å²) in [4.78, 5) is 8.38. The summed E-state index contributed by atoms with van der Waals surface area (Å²) in [5.74, 6) is 0.934. The molecule has 2 N–H and O–H groups in total. The lowest BCUT2D eigenvalue weighted by Crippen LogP contribution is -1.86. The standard InChI is InChI=1S/C11H8N4OS/c12-8-3-1-2-7(4-8)10-14-11(16-15-10)9-5-17-6-13-9/h1-6H,12H2. The van der Waals surface area contributed by atoms with E-state index in [1.165, 1.54) is 11.3 Å². The number of hydrogen-bond acceptors (Lipinski definition) is 6. The first-order valence-electron chi connectivity index (χ1n) is 4.91. The van der Waals surface area contributed by atoms with Crippen LogP contribution in [0.1, 0.15) is 0 Å². The SMILES string of the molecule is Nc1cccc(-c2noc(-c3cscn3)n2)c1. The van der Waals surface area contributed by atoms with Gasteiger partial charge in [-0.15, -0.1) is 11.3 Å². The fraction of sp³-hybridized carbons (Fsp3) is 0. The highest BCUT2D eigenvalue weighted by molar-refractivity contribution is 7.07. The van der Waals surface area contributed by atoms with Crippen LogP contribution in [0.3, 0.4) is 0 Å². The van der Waals surface area contributed by atoms with Crippen molar-refractivity contribution in [1.29, 1.82) is 0 Å². The van der Waals surface area contributed by atoms with Gasteiger partial charge in [0.05, 0.1) is 5.51 Å². The third-order valence-electron chi connectivity index (χ3n) is 2.22. The molecule has 1 aromatic carbocycles. The third kappa shape index (κ3) is 1.90. The number of aromatic nitrogens is 3. The lowest BCUT2D eigenvalue weighted by atomic mass is 10.2. The van der Waals surface area contributed by atoms with Gasteiger partial charge in [0.15, 0.2) is 0 Å². The normalized spacial score (nSPS) is 10.6. The Morgan fingerprint density at radius 1 is 1.29 bits per heavy atom. The van der Waals surface area contributed by atoms with Gasteiger partial charge in [-0.05, 0) is 12.1 Å². The minimum absolute atomic E-state index is 0.420. The molecule has 6 heteroatoms. The van der Waals surface area contributed by atoms with Gasteiger partial charge in [-0.1, -0.05) is 17.3 Å². The topological polar surface area (TPSA) is 77.8 Å². The van der Waals surface area contributed by atoms with Crippen LogP contribution in [0.4, 0.5) is 5.69 Å². The first kappa shape index (κ1) is 9.98. The van der Waals surface area contributed by atoms with E-state index in [2.05, 4.69) is 15.1 Å². The molecule has 0 spiro atoms. The minimum Gasteiger partial charge on any atom is -0.399 e. The molecular formula is C11H8N4OS. The van der Waals surface area contributed by atoms with Crippen molar-refractivity contribution in [3.63, 3.8) is 0 Å². The summed E-state index contributed by atoms with van der Waals surface area (Å²) in [5, 5.41) is 5.76. The van der Waals surface area contributed by atoms with E-state index in [-0.39, 0.29) is 0 Å². The number of rotatable bonds is 2. The van der Waals surface area contributed by atoms with Crippen molar-refractivity contribution in [1.82, 2.24) is 15.1 Å². The minimum atomic E-state index is 0.420. The summed E-state index contributed by atoms with van der Waals surface area (Å²) in [6.07, 6.45) is 0. The van der Waals surface area contributed by atoms with E-state index in [9.17, 15) is 0 Å². The van der Waals surface area contributed by atoms with Gasteiger partial charge >= 0.3 is 0 Å². The highest BCUT2D eigenvalue weighted by Crippen LogP contribution is 2.22. The molecule has 0 saturated heterocycles. The van der Waals surface area contributed by atoms with Crippen molar-refractivity contribution >= 4 is 17.0 Å². The van der Waals surface area contributed by atoms with Gasteiger partial charge in [-0.25, -0.2) is 4.98 Å². The number of thiazole rings is 1. The van der Waals surface area contributed by atoms with Gasteiger partial charge in [0.25, 0.3) is 5.89 Å². The molecule has 0 aliphatic carbocycles. The van der Waals surface area contributed by atoms with Crippen molar-refractivity contribution in [3.05, 3.63) is 35.2 Å². The molecule has 3 aromatic rings. The second kappa shape index (κ2) is 3.99. The number of hydrogen-bond donors (Lipinski definition) is 1. The van der Waals surface area contributed by atoms with Crippen molar-refractivity contribution in [2.75, 3.05) is 5.73 Å². The van der Waals surface area contributed by atoms with Gasteiger partial charge in [-0.3, -0.25) is 0 Å². The maximum Gasteiger partial charge on any atom is 0.277 e. The number of anilines is 1.